The molecule has 172 valence electrons. The summed E-state index contributed by atoms with van der Waals surface area (Å²) in [6.07, 6.45) is 1.59. The van der Waals surface area contributed by atoms with Gasteiger partial charge in [0, 0.05) is 36.2 Å². The number of phenolic OH excluding ortho intramolecular Hbond substituents is 1. The highest BCUT2D eigenvalue weighted by Gasteiger charge is 2.20. The molecule has 3 heterocycles. The smallest absolute Gasteiger partial charge is 0.250 e. The third kappa shape index (κ3) is 5.22. The van der Waals surface area contributed by atoms with Gasteiger partial charge in [-0.15, -0.1) is 0 Å². The van der Waals surface area contributed by atoms with Gasteiger partial charge in [0.05, 0.1) is 44.2 Å². The lowest BCUT2D eigenvalue weighted by molar-refractivity contribution is 0.121. The van der Waals surface area contributed by atoms with E-state index < -0.39 is 0 Å². The molecule has 0 bridgehead atoms. The highest BCUT2D eigenvalue weighted by Crippen LogP contribution is 2.41. The topological polar surface area (TPSA) is 117 Å². The SMILES string of the molecule is COc1cc(/C=N/Nc2nc(N3CCOCC3)nc(N3CCOCC3)n2)c(Br)c(Br)c1O. The molecule has 1 aromatic heterocycles. The van der Waals surface area contributed by atoms with Crippen LogP contribution in [0.15, 0.2) is 20.1 Å². The molecule has 1 aromatic carbocycles. The highest BCUT2D eigenvalue weighted by molar-refractivity contribution is 9.13. The molecule has 0 amide bonds. The average Bonchev–Trinajstić information content (AvgIpc) is 2.85. The van der Waals surface area contributed by atoms with Gasteiger partial charge in [-0.2, -0.15) is 20.1 Å². The molecule has 11 nitrogen and oxygen atoms in total. The Labute approximate surface area is 202 Å². The maximum atomic E-state index is 10.1. The molecule has 4 rings (SSSR count). The van der Waals surface area contributed by atoms with Crippen molar-refractivity contribution in [2.45, 2.75) is 0 Å². The fraction of sp³-hybridized carbons (Fsp3) is 0.474. The summed E-state index contributed by atoms with van der Waals surface area (Å²) in [6, 6.07) is 1.67. The third-order valence-electron chi connectivity index (χ3n) is 4.96. The monoisotopic (exact) mass is 571 g/mol. The second kappa shape index (κ2) is 10.6. The van der Waals surface area contributed by atoms with E-state index in [-0.39, 0.29) is 5.75 Å². The fourth-order valence-corrected chi connectivity index (χ4v) is 4.06. The Bertz CT molecular complexity index is 946. The first-order valence-electron chi connectivity index (χ1n) is 10.0. The van der Waals surface area contributed by atoms with Crippen molar-refractivity contribution in [2.75, 3.05) is 74.9 Å². The van der Waals surface area contributed by atoms with E-state index in [0.717, 1.165) is 0 Å². The molecule has 2 aromatic rings. The molecule has 2 aliphatic rings. The number of hydrogen-bond donors (Lipinski definition) is 2. The molecule has 2 saturated heterocycles. The van der Waals surface area contributed by atoms with E-state index in [9.17, 15) is 5.11 Å². The minimum Gasteiger partial charge on any atom is -0.503 e. The number of halogens is 2. The first-order chi connectivity index (χ1) is 15.6. The number of phenols is 1. The number of nitrogens with zero attached hydrogens (tertiary/aromatic N) is 6. The highest BCUT2D eigenvalue weighted by atomic mass is 79.9. The molecule has 0 spiro atoms. The molecule has 0 unspecified atom stereocenters. The fourth-order valence-electron chi connectivity index (χ4n) is 3.23. The number of ether oxygens (including phenoxy) is 3. The number of morpholine rings is 2. The lowest BCUT2D eigenvalue weighted by Crippen LogP contribution is -2.40. The zero-order valence-electron chi connectivity index (χ0n) is 17.4. The summed E-state index contributed by atoms with van der Waals surface area (Å²) in [6.45, 7) is 5.37. The maximum absolute atomic E-state index is 10.1. The minimum absolute atomic E-state index is 0.00672. The number of methoxy groups -OCH3 is 1. The Morgan fingerprint density at radius 3 is 2.09 bits per heavy atom. The van der Waals surface area contributed by atoms with E-state index in [4.69, 9.17) is 14.2 Å². The summed E-state index contributed by atoms with van der Waals surface area (Å²) in [5.74, 6) is 1.83. The van der Waals surface area contributed by atoms with Gasteiger partial charge in [0.25, 0.3) is 0 Å². The second-order valence-electron chi connectivity index (χ2n) is 6.97. The van der Waals surface area contributed by atoms with E-state index in [2.05, 4.69) is 67.1 Å². The summed E-state index contributed by atoms with van der Waals surface area (Å²) >= 11 is 6.79. The Kier molecular flexibility index (Phi) is 7.60. The van der Waals surface area contributed by atoms with Crippen molar-refractivity contribution in [3.05, 3.63) is 20.6 Å². The molecular weight excluding hydrogens is 550 g/mol. The van der Waals surface area contributed by atoms with E-state index in [1.165, 1.54) is 7.11 Å². The number of aromatic hydroxyl groups is 1. The number of hydrogen-bond acceptors (Lipinski definition) is 11. The number of rotatable bonds is 6. The predicted molar refractivity (Wildman–Crippen MR) is 127 cm³/mol. The lowest BCUT2D eigenvalue weighted by Gasteiger charge is -2.30. The zero-order valence-corrected chi connectivity index (χ0v) is 20.6. The van der Waals surface area contributed by atoms with Crippen LogP contribution in [0.1, 0.15) is 5.56 Å². The first-order valence-corrected chi connectivity index (χ1v) is 11.6. The van der Waals surface area contributed by atoms with Crippen LogP contribution < -0.4 is 20.0 Å². The number of nitrogens with one attached hydrogen (secondary N) is 1. The molecule has 13 heteroatoms. The predicted octanol–water partition coefficient (Wildman–Crippen LogP) is 2.23. The van der Waals surface area contributed by atoms with Gasteiger partial charge in [-0.3, -0.25) is 0 Å². The van der Waals surface area contributed by atoms with Crippen molar-refractivity contribution in [3.8, 4) is 11.5 Å². The van der Waals surface area contributed by atoms with Crippen LogP contribution in [0.3, 0.4) is 0 Å². The second-order valence-corrected chi connectivity index (χ2v) is 8.56. The molecule has 2 fully saturated rings. The summed E-state index contributed by atoms with van der Waals surface area (Å²) in [7, 11) is 1.49. The van der Waals surface area contributed by atoms with Crippen molar-refractivity contribution >= 4 is 55.9 Å². The van der Waals surface area contributed by atoms with E-state index >= 15 is 0 Å². The molecule has 2 N–H and O–H groups in total. The van der Waals surface area contributed by atoms with Crippen LogP contribution in [0.25, 0.3) is 0 Å². The average molecular weight is 573 g/mol. The van der Waals surface area contributed by atoms with Crippen molar-refractivity contribution < 1.29 is 19.3 Å². The lowest BCUT2D eigenvalue weighted by atomic mass is 10.2. The minimum atomic E-state index is 0.00672. The van der Waals surface area contributed by atoms with Crippen LogP contribution >= 0.6 is 31.9 Å². The van der Waals surface area contributed by atoms with E-state index in [1.54, 1.807) is 12.3 Å². The van der Waals surface area contributed by atoms with Crippen LogP contribution in [-0.4, -0.2) is 86.0 Å². The molecule has 32 heavy (non-hydrogen) atoms. The quantitative estimate of drug-likeness (QED) is 0.394. The van der Waals surface area contributed by atoms with Gasteiger partial charge in [-0.1, -0.05) is 0 Å². The van der Waals surface area contributed by atoms with Gasteiger partial charge in [0.15, 0.2) is 11.5 Å². The summed E-state index contributed by atoms with van der Waals surface area (Å²) < 4.78 is 17.2. The van der Waals surface area contributed by atoms with E-state index in [1.807, 2.05) is 0 Å². The number of anilines is 3. The third-order valence-corrected chi connectivity index (χ3v) is 7.12. The Morgan fingerprint density at radius 1 is 1.00 bits per heavy atom. The van der Waals surface area contributed by atoms with Crippen LogP contribution in [0.2, 0.25) is 0 Å². The zero-order chi connectivity index (χ0) is 22.5. The van der Waals surface area contributed by atoms with Gasteiger partial charge >= 0.3 is 0 Å². The van der Waals surface area contributed by atoms with Crippen molar-refractivity contribution in [2.24, 2.45) is 5.10 Å². The van der Waals surface area contributed by atoms with Crippen LogP contribution in [0.5, 0.6) is 11.5 Å². The van der Waals surface area contributed by atoms with Gasteiger partial charge in [0.2, 0.25) is 17.8 Å². The largest absolute Gasteiger partial charge is 0.503 e. The molecule has 2 aliphatic heterocycles. The van der Waals surface area contributed by atoms with Gasteiger partial charge in [0.1, 0.15) is 0 Å². The summed E-state index contributed by atoms with van der Waals surface area (Å²) in [5.41, 5.74) is 3.59. The van der Waals surface area contributed by atoms with Gasteiger partial charge in [-0.25, -0.2) is 5.43 Å². The van der Waals surface area contributed by atoms with Crippen LogP contribution in [-0.2, 0) is 9.47 Å². The van der Waals surface area contributed by atoms with Crippen LogP contribution in [0, 0.1) is 0 Å². The van der Waals surface area contributed by atoms with Crippen molar-refractivity contribution in [1.29, 1.82) is 0 Å². The molecule has 0 radical (unpaired) electrons. The Morgan fingerprint density at radius 2 is 1.56 bits per heavy atom. The van der Waals surface area contributed by atoms with Gasteiger partial charge in [-0.05, 0) is 37.9 Å². The van der Waals surface area contributed by atoms with Crippen LogP contribution in [0.4, 0.5) is 17.8 Å². The first kappa shape index (κ1) is 23.0. The number of benzene rings is 1. The normalized spacial score (nSPS) is 17.1. The number of hydrazone groups is 1. The molecule has 0 atom stereocenters. The standard InChI is InChI=1S/C19H23Br2N7O4/c1-30-13-10-12(14(20)15(21)16(13)29)11-22-26-17-23-18(27-2-6-31-7-3-27)25-19(24-17)28-4-8-32-9-5-28/h10-11,29H,2-9H2,1H3,(H,23,24,25,26)/b22-11+. The summed E-state index contributed by atoms with van der Waals surface area (Å²) in [4.78, 5) is 17.9. The Balaban J connectivity index is 1.59. The van der Waals surface area contributed by atoms with E-state index in [0.29, 0.717) is 90.7 Å². The van der Waals surface area contributed by atoms with Gasteiger partial charge < -0.3 is 29.1 Å². The Hall–Kier alpha value is -2.22. The molecule has 0 aliphatic carbocycles. The molecule has 0 saturated carbocycles. The van der Waals surface area contributed by atoms with Crippen molar-refractivity contribution in [1.82, 2.24) is 15.0 Å². The maximum Gasteiger partial charge on any atom is 0.250 e. The summed E-state index contributed by atoms with van der Waals surface area (Å²) in [5, 5.41) is 14.4. The van der Waals surface area contributed by atoms with Crippen molar-refractivity contribution in [3.63, 3.8) is 0 Å². The number of aromatic nitrogens is 3. The molecular formula is C19H23Br2N7O4.